The van der Waals surface area contributed by atoms with E-state index in [4.69, 9.17) is 4.74 Å². The molecule has 116 valence electrons. The Morgan fingerprint density at radius 3 is 2.38 bits per heavy atom. The van der Waals surface area contributed by atoms with Crippen LogP contribution in [0.3, 0.4) is 0 Å². The topological polar surface area (TPSA) is 72.5 Å². The van der Waals surface area contributed by atoms with Gasteiger partial charge in [0.05, 0.1) is 7.11 Å². The third-order valence-electron chi connectivity index (χ3n) is 3.13. The summed E-state index contributed by atoms with van der Waals surface area (Å²) in [6, 6.07) is 4.57. The van der Waals surface area contributed by atoms with Gasteiger partial charge in [-0.1, -0.05) is 0 Å². The van der Waals surface area contributed by atoms with E-state index in [1.165, 1.54) is 19.2 Å². The molecular formula is C15H21NO4S. The molecule has 6 heteroatoms. The van der Waals surface area contributed by atoms with Crippen LogP contribution in [0.2, 0.25) is 0 Å². The van der Waals surface area contributed by atoms with Crippen LogP contribution in [0.4, 0.5) is 0 Å². The van der Waals surface area contributed by atoms with Gasteiger partial charge in [0.2, 0.25) is 10.0 Å². The lowest BCUT2D eigenvalue weighted by molar-refractivity contribution is 0.0967. The second-order valence-electron chi connectivity index (χ2n) is 6.36. The molecule has 0 atom stereocenters. The molecule has 21 heavy (non-hydrogen) atoms. The SMILES string of the molecule is COc1ccc(C(=O)C2CC2)cc1S(=O)(=O)NC(C)(C)C. The van der Waals surface area contributed by atoms with Crippen LogP contribution in [0.1, 0.15) is 44.0 Å². The maximum Gasteiger partial charge on any atom is 0.244 e. The second kappa shape index (κ2) is 5.42. The first kappa shape index (κ1) is 16.0. The molecule has 1 aliphatic rings. The zero-order valence-corrected chi connectivity index (χ0v) is 13.6. The summed E-state index contributed by atoms with van der Waals surface area (Å²) in [4.78, 5) is 12.1. The van der Waals surface area contributed by atoms with E-state index in [0.29, 0.717) is 5.56 Å². The van der Waals surface area contributed by atoms with E-state index in [9.17, 15) is 13.2 Å². The Morgan fingerprint density at radius 1 is 1.29 bits per heavy atom. The van der Waals surface area contributed by atoms with Crippen LogP contribution in [0, 0.1) is 5.92 Å². The molecule has 0 bridgehead atoms. The monoisotopic (exact) mass is 311 g/mol. The molecule has 5 nitrogen and oxygen atoms in total. The van der Waals surface area contributed by atoms with Crippen molar-refractivity contribution in [3.05, 3.63) is 23.8 Å². The van der Waals surface area contributed by atoms with Crippen molar-refractivity contribution in [2.45, 2.75) is 44.0 Å². The molecule has 0 spiro atoms. The average Bonchev–Trinajstić information content (AvgIpc) is 3.18. The molecule has 0 saturated heterocycles. The zero-order valence-electron chi connectivity index (χ0n) is 12.8. The summed E-state index contributed by atoms with van der Waals surface area (Å²) < 4.78 is 32.7. The summed E-state index contributed by atoms with van der Waals surface area (Å²) in [6.07, 6.45) is 1.76. The number of sulfonamides is 1. The first-order valence-corrected chi connectivity index (χ1v) is 8.38. The van der Waals surface area contributed by atoms with Crippen LogP contribution in [0.15, 0.2) is 23.1 Å². The third kappa shape index (κ3) is 3.83. The molecule has 1 N–H and O–H groups in total. The number of hydrogen-bond acceptors (Lipinski definition) is 4. The number of benzene rings is 1. The van der Waals surface area contributed by atoms with Gasteiger partial charge in [-0.2, -0.15) is 0 Å². The van der Waals surface area contributed by atoms with Gasteiger partial charge in [0.25, 0.3) is 0 Å². The number of ketones is 1. The van der Waals surface area contributed by atoms with Crippen molar-refractivity contribution >= 4 is 15.8 Å². The Morgan fingerprint density at radius 2 is 1.90 bits per heavy atom. The van der Waals surface area contributed by atoms with Gasteiger partial charge in [0.1, 0.15) is 10.6 Å². The van der Waals surface area contributed by atoms with Gasteiger partial charge in [-0.3, -0.25) is 4.79 Å². The first-order valence-electron chi connectivity index (χ1n) is 6.90. The molecule has 0 radical (unpaired) electrons. The Labute approximate surface area is 125 Å². The van der Waals surface area contributed by atoms with Crippen LogP contribution in [0.5, 0.6) is 5.75 Å². The molecule has 2 rings (SSSR count). The fourth-order valence-corrected chi connectivity index (χ4v) is 3.69. The second-order valence-corrected chi connectivity index (χ2v) is 8.01. The molecule has 0 heterocycles. The molecule has 0 aliphatic heterocycles. The Balaban J connectivity index is 2.44. The fourth-order valence-electron chi connectivity index (χ4n) is 2.08. The summed E-state index contributed by atoms with van der Waals surface area (Å²) in [5.74, 6) is 0.286. The maximum atomic E-state index is 12.5. The zero-order chi connectivity index (χ0) is 15.8. The highest BCUT2D eigenvalue weighted by molar-refractivity contribution is 7.89. The number of Topliss-reactive ketones (excluding diaryl/α,β-unsaturated/α-hetero) is 1. The molecular weight excluding hydrogens is 290 g/mol. The smallest absolute Gasteiger partial charge is 0.244 e. The quantitative estimate of drug-likeness (QED) is 0.847. The van der Waals surface area contributed by atoms with Crippen molar-refractivity contribution in [2.75, 3.05) is 7.11 Å². The lowest BCUT2D eigenvalue weighted by Gasteiger charge is -2.21. The average molecular weight is 311 g/mol. The third-order valence-corrected chi connectivity index (χ3v) is 4.91. The minimum atomic E-state index is -3.75. The summed E-state index contributed by atoms with van der Waals surface area (Å²) in [6.45, 7) is 5.28. The van der Waals surface area contributed by atoms with E-state index >= 15 is 0 Å². The lowest BCUT2D eigenvalue weighted by Crippen LogP contribution is -2.40. The van der Waals surface area contributed by atoms with Crippen molar-refractivity contribution in [3.8, 4) is 5.75 Å². The molecule has 1 aromatic rings. The molecule has 1 aliphatic carbocycles. The van der Waals surface area contributed by atoms with Gasteiger partial charge >= 0.3 is 0 Å². The number of carbonyl (C=O) groups is 1. The predicted molar refractivity (Wildman–Crippen MR) is 80.1 cm³/mol. The highest BCUT2D eigenvalue weighted by atomic mass is 32.2. The van der Waals surface area contributed by atoms with E-state index in [0.717, 1.165) is 12.8 Å². The van der Waals surface area contributed by atoms with Crippen molar-refractivity contribution < 1.29 is 17.9 Å². The van der Waals surface area contributed by atoms with Crippen LogP contribution in [-0.4, -0.2) is 26.8 Å². The van der Waals surface area contributed by atoms with Crippen molar-refractivity contribution in [2.24, 2.45) is 5.92 Å². The summed E-state index contributed by atoms with van der Waals surface area (Å²) in [5.41, 5.74) is -0.187. The number of carbonyl (C=O) groups excluding carboxylic acids is 1. The van der Waals surface area contributed by atoms with E-state index in [1.807, 2.05) is 0 Å². The summed E-state index contributed by atoms with van der Waals surface area (Å²) >= 11 is 0. The van der Waals surface area contributed by atoms with Crippen LogP contribution < -0.4 is 9.46 Å². The molecule has 0 amide bonds. The molecule has 1 saturated carbocycles. The molecule has 1 fully saturated rings. The highest BCUT2D eigenvalue weighted by Crippen LogP contribution is 2.34. The van der Waals surface area contributed by atoms with E-state index in [2.05, 4.69) is 4.72 Å². The van der Waals surface area contributed by atoms with Crippen molar-refractivity contribution in [3.63, 3.8) is 0 Å². The van der Waals surface area contributed by atoms with Gasteiger partial charge in [0.15, 0.2) is 5.78 Å². The number of hydrogen-bond donors (Lipinski definition) is 1. The largest absolute Gasteiger partial charge is 0.495 e. The molecule has 0 unspecified atom stereocenters. The minimum absolute atomic E-state index is 0.00450. The number of rotatable bonds is 5. The fraction of sp³-hybridized carbons (Fsp3) is 0.533. The van der Waals surface area contributed by atoms with Gasteiger partial charge in [-0.15, -0.1) is 0 Å². The maximum absolute atomic E-state index is 12.5. The van der Waals surface area contributed by atoms with E-state index in [-0.39, 0.29) is 22.3 Å². The van der Waals surface area contributed by atoms with Crippen molar-refractivity contribution in [1.29, 1.82) is 0 Å². The van der Waals surface area contributed by atoms with Crippen LogP contribution in [0.25, 0.3) is 0 Å². The number of nitrogens with one attached hydrogen (secondary N) is 1. The Bertz CT molecular complexity index is 655. The van der Waals surface area contributed by atoms with Gasteiger partial charge in [-0.25, -0.2) is 13.1 Å². The van der Waals surface area contributed by atoms with E-state index < -0.39 is 15.6 Å². The summed E-state index contributed by atoms with van der Waals surface area (Å²) in [7, 11) is -2.34. The number of methoxy groups -OCH3 is 1. The van der Waals surface area contributed by atoms with Crippen LogP contribution >= 0.6 is 0 Å². The van der Waals surface area contributed by atoms with Gasteiger partial charge < -0.3 is 4.74 Å². The summed E-state index contributed by atoms with van der Waals surface area (Å²) in [5, 5.41) is 0. The van der Waals surface area contributed by atoms with Crippen LogP contribution in [-0.2, 0) is 10.0 Å². The number of ether oxygens (including phenoxy) is 1. The van der Waals surface area contributed by atoms with Crippen molar-refractivity contribution in [1.82, 2.24) is 4.72 Å². The van der Waals surface area contributed by atoms with Gasteiger partial charge in [0, 0.05) is 17.0 Å². The van der Waals surface area contributed by atoms with E-state index in [1.54, 1.807) is 26.8 Å². The highest BCUT2D eigenvalue weighted by Gasteiger charge is 2.32. The van der Waals surface area contributed by atoms with Gasteiger partial charge in [-0.05, 0) is 51.8 Å². The molecule has 1 aromatic carbocycles. The predicted octanol–water partition coefficient (Wildman–Crippen LogP) is 2.36. The lowest BCUT2D eigenvalue weighted by atomic mass is 10.1. The first-order chi connectivity index (χ1) is 9.64. The molecule has 0 aromatic heterocycles. The Kier molecular flexibility index (Phi) is 4.13. The minimum Gasteiger partial charge on any atom is -0.495 e. The normalized spacial score (nSPS) is 15.8. The standard InChI is InChI=1S/C15H21NO4S/c1-15(2,3)16-21(18,19)13-9-11(7-8-12(13)20-4)14(17)10-5-6-10/h7-10,16H,5-6H2,1-4H3. The Hall–Kier alpha value is -1.40.